The third kappa shape index (κ3) is 2.21. The Labute approximate surface area is 106 Å². The molecule has 1 aliphatic heterocycles. The lowest BCUT2D eigenvalue weighted by Crippen LogP contribution is -2.43. The van der Waals surface area contributed by atoms with E-state index in [0.717, 1.165) is 26.2 Å². The van der Waals surface area contributed by atoms with Crippen LogP contribution >= 0.6 is 11.3 Å². The van der Waals surface area contributed by atoms with E-state index in [1.807, 2.05) is 0 Å². The Morgan fingerprint density at radius 1 is 1.06 bits per heavy atom. The molecule has 3 rings (SSSR count). The van der Waals surface area contributed by atoms with Gasteiger partial charge >= 0.3 is 0 Å². The first kappa shape index (κ1) is 10.8. The van der Waals surface area contributed by atoms with Gasteiger partial charge in [-0.05, 0) is 28.5 Å². The summed E-state index contributed by atoms with van der Waals surface area (Å²) in [5.74, 6) is 0. The lowest BCUT2D eigenvalue weighted by molar-refractivity contribution is 0.589. The second-order valence-electron chi connectivity index (χ2n) is 4.27. The summed E-state index contributed by atoms with van der Waals surface area (Å²) in [4.78, 5) is 2.48. The van der Waals surface area contributed by atoms with E-state index in [4.69, 9.17) is 0 Å². The number of para-hydroxylation sites is 1. The molecule has 0 spiro atoms. The van der Waals surface area contributed by atoms with Crippen LogP contribution < -0.4 is 10.2 Å². The minimum atomic E-state index is 1.08. The van der Waals surface area contributed by atoms with Crippen LogP contribution in [0.2, 0.25) is 0 Å². The Hall–Kier alpha value is -1.32. The molecule has 0 unspecified atom stereocenters. The molecule has 88 valence electrons. The molecule has 2 heterocycles. The number of rotatable bonds is 2. The van der Waals surface area contributed by atoms with Crippen LogP contribution in [0.15, 0.2) is 41.1 Å². The van der Waals surface area contributed by atoms with Crippen molar-refractivity contribution in [2.24, 2.45) is 0 Å². The van der Waals surface area contributed by atoms with Crippen LogP contribution in [0.4, 0.5) is 5.69 Å². The fraction of sp³-hybridized carbons (Fsp3) is 0.286. The Morgan fingerprint density at radius 2 is 1.88 bits per heavy atom. The van der Waals surface area contributed by atoms with Gasteiger partial charge in [-0.1, -0.05) is 18.2 Å². The maximum atomic E-state index is 3.40. The average molecular weight is 244 g/mol. The van der Waals surface area contributed by atoms with E-state index in [1.54, 1.807) is 11.3 Å². The van der Waals surface area contributed by atoms with Crippen LogP contribution in [0.1, 0.15) is 0 Å². The third-order valence-electron chi connectivity index (χ3n) is 3.19. The van der Waals surface area contributed by atoms with Crippen LogP contribution in [-0.2, 0) is 0 Å². The zero-order valence-corrected chi connectivity index (χ0v) is 10.5. The first-order chi connectivity index (χ1) is 8.45. The fourth-order valence-electron chi connectivity index (χ4n) is 2.32. The molecular formula is C14H16N2S. The SMILES string of the molecule is c1ccc(N2CCNCC2)c(-c2ccsc2)c1. The van der Waals surface area contributed by atoms with Gasteiger partial charge in [0.25, 0.3) is 0 Å². The van der Waals surface area contributed by atoms with E-state index in [-0.39, 0.29) is 0 Å². The van der Waals surface area contributed by atoms with Gasteiger partial charge in [0.1, 0.15) is 0 Å². The summed E-state index contributed by atoms with van der Waals surface area (Å²) in [6.45, 7) is 4.36. The summed E-state index contributed by atoms with van der Waals surface area (Å²) in [5, 5.41) is 7.77. The van der Waals surface area contributed by atoms with Crippen molar-refractivity contribution >= 4 is 17.0 Å². The van der Waals surface area contributed by atoms with Gasteiger partial charge in [-0.2, -0.15) is 11.3 Å². The second-order valence-corrected chi connectivity index (χ2v) is 5.05. The molecule has 3 heteroatoms. The van der Waals surface area contributed by atoms with E-state index in [0.29, 0.717) is 0 Å². The highest BCUT2D eigenvalue weighted by molar-refractivity contribution is 7.08. The van der Waals surface area contributed by atoms with Crippen molar-refractivity contribution in [3.8, 4) is 11.1 Å². The minimum Gasteiger partial charge on any atom is -0.368 e. The van der Waals surface area contributed by atoms with Crippen molar-refractivity contribution in [1.82, 2.24) is 5.32 Å². The highest BCUT2D eigenvalue weighted by Gasteiger charge is 2.14. The maximum absolute atomic E-state index is 3.40. The summed E-state index contributed by atoms with van der Waals surface area (Å²) < 4.78 is 0. The van der Waals surface area contributed by atoms with Crippen LogP contribution in [0, 0.1) is 0 Å². The van der Waals surface area contributed by atoms with Gasteiger partial charge < -0.3 is 10.2 Å². The molecule has 1 aromatic carbocycles. The molecule has 1 N–H and O–H groups in total. The molecule has 0 bridgehead atoms. The van der Waals surface area contributed by atoms with Gasteiger partial charge in [0.2, 0.25) is 0 Å². The van der Waals surface area contributed by atoms with Gasteiger partial charge in [0.05, 0.1) is 0 Å². The van der Waals surface area contributed by atoms with Crippen LogP contribution in [0.3, 0.4) is 0 Å². The summed E-state index contributed by atoms with van der Waals surface area (Å²) in [5.41, 5.74) is 4.06. The van der Waals surface area contributed by atoms with Crippen LogP contribution in [0.5, 0.6) is 0 Å². The molecule has 1 aromatic heterocycles. The van der Waals surface area contributed by atoms with Crippen LogP contribution in [-0.4, -0.2) is 26.2 Å². The molecule has 0 atom stereocenters. The second kappa shape index (κ2) is 4.90. The predicted octanol–water partition coefficient (Wildman–Crippen LogP) is 2.82. The number of nitrogens with one attached hydrogen (secondary N) is 1. The zero-order chi connectivity index (χ0) is 11.5. The number of piperazine rings is 1. The lowest BCUT2D eigenvalue weighted by Gasteiger charge is -2.31. The van der Waals surface area contributed by atoms with Crippen LogP contribution in [0.25, 0.3) is 11.1 Å². The molecule has 0 saturated carbocycles. The molecule has 0 aliphatic carbocycles. The van der Waals surface area contributed by atoms with E-state index < -0.39 is 0 Å². The van der Waals surface area contributed by atoms with Gasteiger partial charge in [-0.25, -0.2) is 0 Å². The zero-order valence-electron chi connectivity index (χ0n) is 9.73. The van der Waals surface area contributed by atoms with Crippen molar-refractivity contribution in [3.05, 3.63) is 41.1 Å². The minimum absolute atomic E-state index is 1.08. The summed E-state index contributed by atoms with van der Waals surface area (Å²) in [6, 6.07) is 10.9. The number of thiophene rings is 1. The molecule has 0 radical (unpaired) electrons. The standard InChI is InChI=1S/C14H16N2S/c1-2-4-14(16-8-6-15-7-9-16)13(3-1)12-5-10-17-11-12/h1-5,10-11,15H,6-9H2. The molecule has 17 heavy (non-hydrogen) atoms. The number of benzene rings is 1. The van der Waals surface area contributed by atoms with Gasteiger partial charge in [-0.15, -0.1) is 0 Å². The molecule has 1 saturated heterocycles. The highest BCUT2D eigenvalue weighted by Crippen LogP contribution is 2.32. The fourth-order valence-corrected chi connectivity index (χ4v) is 2.97. The Balaban J connectivity index is 1.98. The van der Waals surface area contributed by atoms with Gasteiger partial charge in [0.15, 0.2) is 0 Å². The molecular weight excluding hydrogens is 228 g/mol. The lowest BCUT2D eigenvalue weighted by atomic mass is 10.1. The molecule has 1 fully saturated rings. The van der Waals surface area contributed by atoms with Crippen molar-refractivity contribution in [2.75, 3.05) is 31.1 Å². The molecule has 1 aliphatic rings. The predicted molar refractivity (Wildman–Crippen MR) is 74.8 cm³/mol. The maximum Gasteiger partial charge on any atom is 0.0447 e. The highest BCUT2D eigenvalue weighted by atomic mass is 32.1. The number of anilines is 1. The summed E-state index contributed by atoms with van der Waals surface area (Å²) in [6.07, 6.45) is 0. The number of hydrogen-bond acceptors (Lipinski definition) is 3. The van der Waals surface area contributed by atoms with Gasteiger partial charge in [-0.3, -0.25) is 0 Å². The van der Waals surface area contributed by atoms with Crippen molar-refractivity contribution in [1.29, 1.82) is 0 Å². The Bertz CT molecular complexity index is 473. The molecule has 2 nitrogen and oxygen atoms in total. The van der Waals surface area contributed by atoms with E-state index >= 15 is 0 Å². The topological polar surface area (TPSA) is 15.3 Å². The van der Waals surface area contributed by atoms with E-state index in [9.17, 15) is 0 Å². The monoisotopic (exact) mass is 244 g/mol. The summed E-state index contributed by atoms with van der Waals surface area (Å²) >= 11 is 1.76. The number of hydrogen-bond donors (Lipinski definition) is 1. The molecule has 0 amide bonds. The summed E-state index contributed by atoms with van der Waals surface area (Å²) in [7, 11) is 0. The van der Waals surface area contributed by atoms with E-state index in [2.05, 4.69) is 51.3 Å². The van der Waals surface area contributed by atoms with Gasteiger partial charge in [0, 0.05) is 37.4 Å². The number of nitrogens with zero attached hydrogens (tertiary/aromatic N) is 1. The Kier molecular flexibility index (Phi) is 3.12. The Morgan fingerprint density at radius 3 is 2.65 bits per heavy atom. The van der Waals surface area contributed by atoms with E-state index in [1.165, 1.54) is 16.8 Å². The van der Waals surface area contributed by atoms with Crippen molar-refractivity contribution < 1.29 is 0 Å². The first-order valence-electron chi connectivity index (χ1n) is 6.02. The molecule has 2 aromatic rings. The smallest absolute Gasteiger partial charge is 0.0447 e. The third-order valence-corrected chi connectivity index (χ3v) is 3.88. The first-order valence-corrected chi connectivity index (χ1v) is 6.97. The normalized spacial score (nSPS) is 16.1. The average Bonchev–Trinajstić information content (AvgIpc) is 2.94. The van der Waals surface area contributed by atoms with Crippen molar-refractivity contribution in [2.45, 2.75) is 0 Å². The van der Waals surface area contributed by atoms with Crippen molar-refractivity contribution in [3.63, 3.8) is 0 Å². The largest absolute Gasteiger partial charge is 0.368 e. The quantitative estimate of drug-likeness (QED) is 0.874.